The van der Waals surface area contributed by atoms with Crippen LogP contribution in [-0.4, -0.2) is 31.4 Å². The number of sulfonamides is 1. The van der Waals surface area contributed by atoms with Gasteiger partial charge in [-0.1, -0.05) is 17.7 Å². The maximum atomic E-state index is 12.5. The lowest BCUT2D eigenvalue weighted by Crippen LogP contribution is -2.20. The van der Waals surface area contributed by atoms with Gasteiger partial charge in [0, 0.05) is 24.4 Å². The fraction of sp³-hybridized carbons (Fsp3) is 0.400. The highest BCUT2D eigenvalue weighted by molar-refractivity contribution is 7.92. The van der Waals surface area contributed by atoms with Crippen LogP contribution >= 0.6 is 11.6 Å². The van der Waals surface area contributed by atoms with Gasteiger partial charge >= 0.3 is 0 Å². The zero-order valence-electron chi connectivity index (χ0n) is 12.7. The van der Waals surface area contributed by atoms with E-state index in [1.807, 2.05) is 0 Å². The van der Waals surface area contributed by atoms with E-state index >= 15 is 0 Å². The van der Waals surface area contributed by atoms with Crippen LogP contribution in [0.2, 0.25) is 5.02 Å². The molecule has 1 saturated heterocycles. The van der Waals surface area contributed by atoms with Gasteiger partial charge in [0.15, 0.2) is 0 Å². The number of halogens is 1. The van der Waals surface area contributed by atoms with E-state index in [1.165, 1.54) is 12.3 Å². The van der Waals surface area contributed by atoms with Gasteiger partial charge in [0.05, 0.1) is 22.8 Å². The second-order valence-electron chi connectivity index (χ2n) is 5.52. The van der Waals surface area contributed by atoms with Crippen molar-refractivity contribution < 1.29 is 13.2 Å². The average molecular weight is 356 g/mol. The maximum Gasteiger partial charge on any atom is 0.262 e. The van der Waals surface area contributed by atoms with Crippen LogP contribution in [0, 0.1) is 6.92 Å². The number of nitrogens with zero attached hydrogens (tertiary/aromatic N) is 2. The third-order valence-corrected chi connectivity index (χ3v) is 5.86. The lowest BCUT2D eigenvalue weighted by atomic mass is 10.1. The number of rotatable bonds is 4. The van der Waals surface area contributed by atoms with Crippen LogP contribution < -0.4 is 4.72 Å². The molecule has 1 N–H and O–H groups in total. The van der Waals surface area contributed by atoms with E-state index in [0.717, 1.165) is 12.8 Å². The van der Waals surface area contributed by atoms with Crippen LogP contribution in [-0.2, 0) is 14.8 Å². The molecular formula is C15H18ClN3O3S. The SMILES string of the molecule is Cc1c(Cl)cccc1S(=O)(=O)Nc1cnn(C2CCOCC2)c1. The van der Waals surface area contributed by atoms with E-state index in [1.54, 1.807) is 29.9 Å². The van der Waals surface area contributed by atoms with Crippen LogP contribution in [0.3, 0.4) is 0 Å². The number of hydrogen-bond acceptors (Lipinski definition) is 4. The van der Waals surface area contributed by atoms with Gasteiger partial charge in [0.25, 0.3) is 10.0 Å². The maximum absolute atomic E-state index is 12.5. The molecule has 8 heteroatoms. The van der Waals surface area contributed by atoms with Gasteiger partial charge in [-0.3, -0.25) is 9.40 Å². The van der Waals surface area contributed by atoms with Gasteiger partial charge in [-0.25, -0.2) is 8.42 Å². The van der Waals surface area contributed by atoms with Crippen molar-refractivity contribution in [3.05, 3.63) is 41.2 Å². The minimum atomic E-state index is -3.70. The molecule has 0 atom stereocenters. The summed E-state index contributed by atoms with van der Waals surface area (Å²) in [4.78, 5) is 0.170. The molecule has 0 radical (unpaired) electrons. The first-order chi connectivity index (χ1) is 11.0. The number of anilines is 1. The Hall–Kier alpha value is -1.57. The van der Waals surface area contributed by atoms with Crippen LogP contribution in [0.1, 0.15) is 24.4 Å². The van der Waals surface area contributed by atoms with Crippen molar-refractivity contribution in [2.45, 2.75) is 30.7 Å². The fourth-order valence-electron chi connectivity index (χ4n) is 2.63. The number of hydrogen-bond donors (Lipinski definition) is 1. The molecule has 1 aliphatic heterocycles. The molecular weight excluding hydrogens is 338 g/mol. The lowest BCUT2D eigenvalue weighted by molar-refractivity contribution is 0.0662. The molecule has 0 bridgehead atoms. The molecule has 2 heterocycles. The molecule has 0 spiro atoms. The molecule has 1 fully saturated rings. The van der Waals surface area contributed by atoms with Gasteiger partial charge in [-0.15, -0.1) is 0 Å². The normalized spacial score (nSPS) is 16.4. The second kappa shape index (κ2) is 6.51. The molecule has 1 aromatic carbocycles. The molecule has 23 heavy (non-hydrogen) atoms. The molecule has 0 saturated carbocycles. The van der Waals surface area contributed by atoms with Crippen molar-refractivity contribution in [1.82, 2.24) is 9.78 Å². The van der Waals surface area contributed by atoms with Crippen molar-refractivity contribution in [2.75, 3.05) is 17.9 Å². The Morgan fingerprint density at radius 1 is 1.35 bits per heavy atom. The van der Waals surface area contributed by atoms with Crippen LogP contribution in [0.15, 0.2) is 35.5 Å². The molecule has 1 aliphatic rings. The molecule has 6 nitrogen and oxygen atoms in total. The summed E-state index contributed by atoms with van der Waals surface area (Å²) < 4.78 is 34.8. The Morgan fingerprint density at radius 3 is 2.83 bits per heavy atom. The number of aromatic nitrogens is 2. The summed E-state index contributed by atoms with van der Waals surface area (Å²) in [6.45, 7) is 3.09. The Kier molecular flexibility index (Phi) is 4.61. The fourth-order valence-corrected chi connectivity index (χ4v) is 4.16. The van der Waals surface area contributed by atoms with Gasteiger partial charge < -0.3 is 4.74 Å². The van der Waals surface area contributed by atoms with E-state index in [4.69, 9.17) is 16.3 Å². The smallest absolute Gasteiger partial charge is 0.262 e. The summed E-state index contributed by atoms with van der Waals surface area (Å²) in [5, 5.41) is 4.69. The highest BCUT2D eigenvalue weighted by atomic mass is 35.5. The molecule has 2 aromatic rings. The molecule has 0 aliphatic carbocycles. The van der Waals surface area contributed by atoms with Gasteiger partial charge in [0.1, 0.15) is 0 Å². The summed E-state index contributed by atoms with van der Waals surface area (Å²) in [5.41, 5.74) is 0.967. The van der Waals surface area contributed by atoms with Crippen LogP contribution in [0.5, 0.6) is 0 Å². The Bertz CT molecular complexity index is 798. The topological polar surface area (TPSA) is 73.2 Å². The van der Waals surface area contributed by atoms with Crippen LogP contribution in [0.4, 0.5) is 5.69 Å². The average Bonchev–Trinajstić information content (AvgIpc) is 2.98. The van der Waals surface area contributed by atoms with Crippen molar-refractivity contribution in [3.63, 3.8) is 0 Å². The predicted octanol–water partition coefficient (Wildman–Crippen LogP) is 3.00. The molecule has 0 unspecified atom stereocenters. The predicted molar refractivity (Wildman–Crippen MR) is 88.3 cm³/mol. The minimum absolute atomic E-state index is 0.170. The molecule has 3 rings (SSSR count). The first-order valence-corrected chi connectivity index (χ1v) is 9.23. The number of ether oxygens (including phenoxy) is 1. The van der Waals surface area contributed by atoms with Crippen molar-refractivity contribution in [3.8, 4) is 0 Å². The Labute approximate surface area is 140 Å². The van der Waals surface area contributed by atoms with Crippen molar-refractivity contribution in [1.29, 1.82) is 0 Å². The van der Waals surface area contributed by atoms with E-state index < -0.39 is 10.0 Å². The van der Waals surface area contributed by atoms with Gasteiger partial charge in [0.2, 0.25) is 0 Å². The lowest BCUT2D eigenvalue weighted by Gasteiger charge is -2.22. The molecule has 124 valence electrons. The van der Waals surface area contributed by atoms with Crippen molar-refractivity contribution >= 4 is 27.3 Å². The summed E-state index contributed by atoms with van der Waals surface area (Å²) in [6.07, 6.45) is 4.99. The van der Waals surface area contributed by atoms with E-state index in [0.29, 0.717) is 29.5 Å². The third kappa shape index (κ3) is 3.52. The quantitative estimate of drug-likeness (QED) is 0.915. The summed E-state index contributed by atoms with van der Waals surface area (Å²) in [7, 11) is -3.70. The first-order valence-electron chi connectivity index (χ1n) is 7.37. The second-order valence-corrected chi connectivity index (χ2v) is 7.58. The first kappa shape index (κ1) is 16.3. The monoisotopic (exact) mass is 355 g/mol. The summed E-state index contributed by atoms with van der Waals surface area (Å²) >= 11 is 6.01. The van der Waals surface area contributed by atoms with E-state index in [2.05, 4.69) is 9.82 Å². The third-order valence-electron chi connectivity index (χ3n) is 3.93. The number of benzene rings is 1. The zero-order chi connectivity index (χ0) is 16.4. The van der Waals surface area contributed by atoms with Crippen molar-refractivity contribution in [2.24, 2.45) is 0 Å². The van der Waals surface area contributed by atoms with Crippen LogP contribution in [0.25, 0.3) is 0 Å². The highest BCUT2D eigenvalue weighted by Gasteiger charge is 2.21. The van der Waals surface area contributed by atoms with E-state index in [-0.39, 0.29) is 10.9 Å². The Morgan fingerprint density at radius 2 is 2.09 bits per heavy atom. The summed E-state index contributed by atoms with van der Waals surface area (Å²) in [5.74, 6) is 0. The Balaban J connectivity index is 1.81. The largest absolute Gasteiger partial charge is 0.381 e. The molecule has 0 amide bonds. The summed E-state index contributed by atoms with van der Waals surface area (Å²) in [6, 6.07) is 5.07. The highest BCUT2D eigenvalue weighted by Crippen LogP contribution is 2.26. The van der Waals surface area contributed by atoms with E-state index in [9.17, 15) is 8.42 Å². The minimum Gasteiger partial charge on any atom is -0.381 e. The van der Waals surface area contributed by atoms with Gasteiger partial charge in [-0.05, 0) is 37.5 Å². The van der Waals surface area contributed by atoms with Gasteiger partial charge in [-0.2, -0.15) is 5.10 Å². The number of nitrogens with one attached hydrogen (secondary N) is 1. The zero-order valence-corrected chi connectivity index (χ0v) is 14.3. The standard InChI is InChI=1S/C15H18ClN3O3S/c1-11-14(16)3-2-4-15(11)23(20,21)18-12-9-17-19(10-12)13-5-7-22-8-6-13/h2-4,9-10,13,18H,5-8H2,1H3. The molecule has 1 aromatic heterocycles.